The Morgan fingerprint density at radius 2 is 2.24 bits per heavy atom. The molecule has 0 bridgehead atoms. The van der Waals surface area contributed by atoms with Crippen molar-refractivity contribution in [1.29, 1.82) is 0 Å². The summed E-state index contributed by atoms with van der Waals surface area (Å²) in [6.07, 6.45) is 2.10. The van der Waals surface area contributed by atoms with Crippen LogP contribution in [0.3, 0.4) is 0 Å². The molecule has 2 aliphatic heterocycles. The van der Waals surface area contributed by atoms with Gasteiger partial charge in [-0.15, -0.1) is 11.3 Å². The number of halogens is 1. The van der Waals surface area contributed by atoms with Crippen LogP contribution in [0.4, 0.5) is 10.1 Å². The standard InChI is InChI=1S/C22H25FN2O3S/c1-15-6-7-20(19(23)10-15)25-12-16(11-21(25)26)22(27)24(13-17-4-2-8-28-17)14-18-5-3-9-29-18/h3,5-7,9-10,16-17H,2,4,8,11-14H2,1H3. The van der Waals surface area contributed by atoms with Crippen molar-refractivity contribution in [2.75, 3.05) is 24.6 Å². The number of rotatable bonds is 6. The van der Waals surface area contributed by atoms with Gasteiger partial charge in [0.15, 0.2) is 0 Å². The van der Waals surface area contributed by atoms with Gasteiger partial charge in [-0.2, -0.15) is 0 Å². The first-order valence-corrected chi connectivity index (χ1v) is 10.9. The molecule has 154 valence electrons. The first-order valence-electron chi connectivity index (χ1n) is 10.0. The van der Waals surface area contributed by atoms with Crippen LogP contribution < -0.4 is 4.90 Å². The third-order valence-corrected chi connectivity index (χ3v) is 6.42. The Hall–Kier alpha value is -2.25. The fourth-order valence-electron chi connectivity index (χ4n) is 4.05. The summed E-state index contributed by atoms with van der Waals surface area (Å²) in [7, 11) is 0. The SMILES string of the molecule is Cc1ccc(N2CC(C(=O)N(Cc3cccs3)CC3CCCO3)CC2=O)c(F)c1. The highest BCUT2D eigenvalue weighted by molar-refractivity contribution is 7.09. The van der Waals surface area contributed by atoms with E-state index >= 15 is 0 Å². The number of benzene rings is 1. The molecule has 0 aliphatic carbocycles. The van der Waals surface area contributed by atoms with Crippen molar-refractivity contribution in [2.24, 2.45) is 5.92 Å². The van der Waals surface area contributed by atoms with E-state index in [1.54, 1.807) is 30.4 Å². The van der Waals surface area contributed by atoms with Gasteiger partial charge < -0.3 is 14.5 Å². The second kappa shape index (κ2) is 8.63. The van der Waals surface area contributed by atoms with Gasteiger partial charge in [-0.05, 0) is 48.9 Å². The minimum absolute atomic E-state index is 0.0432. The number of ether oxygens (including phenoxy) is 1. The Morgan fingerprint density at radius 3 is 2.93 bits per heavy atom. The number of hydrogen-bond donors (Lipinski definition) is 0. The van der Waals surface area contributed by atoms with Gasteiger partial charge in [0, 0.05) is 31.0 Å². The number of carbonyl (C=O) groups excluding carboxylic acids is 2. The molecule has 2 atom stereocenters. The Balaban J connectivity index is 1.50. The predicted octanol–water partition coefficient (Wildman–Crippen LogP) is 3.76. The molecule has 7 heteroatoms. The lowest BCUT2D eigenvalue weighted by molar-refractivity contribution is -0.138. The number of amides is 2. The van der Waals surface area contributed by atoms with E-state index in [4.69, 9.17) is 4.74 Å². The number of aryl methyl sites for hydroxylation is 1. The van der Waals surface area contributed by atoms with E-state index in [1.807, 2.05) is 22.4 Å². The van der Waals surface area contributed by atoms with Gasteiger partial charge >= 0.3 is 0 Å². The lowest BCUT2D eigenvalue weighted by Gasteiger charge is -2.27. The third-order valence-electron chi connectivity index (χ3n) is 5.55. The average Bonchev–Trinajstić information content (AvgIpc) is 3.44. The summed E-state index contributed by atoms with van der Waals surface area (Å²) < 4.78 is 20.1. The van der Waals surface area contributed by atoms with Crippen molar-refractivity contribution < 1.29 is 18.7 Å². The number of nitrogens with zero attached hydrogens (tertiary/aromatic N) is 2. The zero-order valence-electron chi connectivity index (χ0n) is 16.5. The van der Waals surface area contributed by atoms with Crippen LogP contribution in [0.2, 0.25) is 0 Å². The molecular formula is C22H25FN2O3S. The highest BCUT2D eigenvalue weighted by Gasteiger charge is 2.38. The maximum absolute atomic E-state index is 14.4. The lowest BCUT2D eigenvalue weighted by Crippen LogP contribution is -2.41. The van der Waals surface area contributed by atoms with Gasteiger partial charge in [0.25, 0.3) is 0 Å². The van der Waals surface area contributed by atoms with Gasteiger partial charge in [0.1, 0.15) is 5.82 Å². The second-order valence-electron chi connectivity index (χ2n) is 7.79. The Morgan fingerprint density at radius 1 is 1.38 bits per heavy atom. The summed E-state index contributed by atoms with van der Waals surface area (Å²) in [5.41, 5.74) is 1.05. The van der Waals surface area contributed by atoms with Crippen LogP contribution >= 0.6 is 11.3 Å². The predicted molar refractivity (Wildman–Crippen MR) is 110 cm³/mol. The third kappa shape index (κ3) is 4.51. The van der Waals surface area contributed by atoms with E-state index in [9.17, 15) is 14.0 Å². The molecule has 2 fully saturated rings. The Kier molecular flexibility index (Phi) is 5.96. The van der Waals surface area contributed by atoms with Crippen LogP contribution in [0.25, 0.3) is 0 Å². The van der Waals surface area contributed by atoms with Crippen molar-refractivity contribution in [1.82, 2.24) is 4.90 Å². The van der Waals surface area contributed by atoms with E-state index in [1.165, 1.54) is 11.0 Å². The molecule has 2 amide bonds. The van der Waals surface area contributed by atoms with Crippen molar-refractivity contribution in [3.8, 4) is 0 Å². The van der Waals surface area contributed by atoms with Gasteiger partial charge in [-0.1, -0.05) is 12.1 Å². The van der Waals surface area contributed by atoms with Gasteiger partial charge in [-0.25, -0.2) is 4.39 Å². The number of hydrogen-bond acceptors (Lipinski definition) is 4. The number of carbonyl (C=O) groups is 2. The molecule has 5 nitrogen and oxygen atoms in total. The molecule has 0 saturated carbocycles. The summed E-state index contributed by atoms with van der Waals surface area (Å²) >= 11 is 1.61. The summed E-state index contributed by atoms with van der Waals surface area (Å²) in [6, 6.07) is 8.79. The van der Waals surface area contributed by atoms with Gasteiger partial charge in [0.2, 0.25) is 11.8 Å². The summed E-state index contributed by atoms with van der Waals surface area (Å²) in [5.74, 6) is -1.16. The molecule has 0 spiro atoms. The monoisotopic (exact) mass is 416 g/mol. The van der Waals surface area contributed by atoms with Crippen molar-refractivity contribution in [3.05, 3.63) is 52.0 Å². The molecule has 2 saturated heterocycles. The maximum Gasteiger partial charge on any atom is 0.228 e. The summed E-state index contributed by atoms with van der Waals surface area (Å²) in [4.78, 5) is 30.2. The largest absolute Gasteiger partial charge is 0.376 e. The molecule has 0 radical (unpaired) electrons. The molecule has 2 aliphatic rings. The topological polar surface area (TPSA) is 49.9 Å². The highest BCUT2D eigenvalue weighted by Crippen LogP contribution is 2.30. The quantitative estimate of drug-likeness (QED) is 0.721. The smallest absolute Gasteiger partial charge is 0.228 e. The van der Waals surface area contributed by atoms with Crippen molar-refractivity contribution >= 4 is 28.8 Å². The minimum atomic E-state index is -0.468. The molecule has 1 aromatic heterocycles. The average molecular weight is 417 g/mol. The molecule has 29 heavy (non-hydrogen) atoms. The van der Waals surface area contributed by atoms with Crippen LogP contribution in [-0.2, 0) is 20.9 Å². The fourth-order valence-corrected chi connectivity index (χ4v) is 4.77. The fraction of sp³-hybridized carbons (Fsp3) is 0.455. The van der Waals surface area contributed by atoms with E-state index in [0.29, 0.717) is 13.1 Å². The Bertz CT molecular complexity index is 880. The summed E-state index contributed by atoms with van der Waals surface area (Å²) in [5, 5.41) is 1.99. The number of thiophene rings is 1. The van der Waals surface area contributed by atoms with Crippen molar-refractivity contribution in [3.63, 3.8) is 0 Å². The van der Waals surface area contributed by atoms with E-state index in [-0.39, 0.29) is 36.6 Å². The molecule has 3 heterocycles. The van der Waals surface area contributed by atoms with E-state index in [2.05, 4.69) is 0 Å². The van der Waals surface area contributed by atoms with Crippen LogP contribution in [-0.4, -0.2) is 42.5 Å². The molecular weight excluding hydrogens is 391 g/mol. The zero-order chi connectivity index (χ0) is 20.4. The second-order valence-corrected chi connectivity index (χ2v) is 8.83. The molecule has 1 aromatic carbocycles. The van der Waals surface area contributed by atoms with Crippen LogP contribution in [0.15, 0.2) is 35.7 Å². The van der Waals surface area contributed by atoms with Crippen LogP contribution in [0, 0.1) is 18.7 Å². The molecule has 2 unspecified atom stereocenters. The van der Waals surface area contributed by atoms with Crippen molar-refractivity contribution in [2.45, 2.75) is 38.8 Å². The first kappa shape index (κ1) is 20.0. The van der Waals surface area contributed by atoms with Gasteiger partial charge in [0.05, 0.1) is 24.3 Å². The first-order chi connectivity index (χ1) is 14.0. The minimum Gasteiger partial charge on any atom is -0.376 e. The lowest BCUT2D eigenvalue weighted by atomic mass is 10.1. The molecule has 4 rings (SSSR count). The highest BCUT2D eigenvalue weighted by atomic mass is 32.1. The normalized spacial score (nSPS) is 21.7. The Labute approximate surface area is 174 Å². The molecule has 0 N–H and O–H groups in total. The van der Waals surface area contributed by atoms with E-state index < -0.39 is 11.7 Å². The van der Waals surface area contributed by atoms with Crippen LogP contribution in [0.5, 0.6) is 0 Å². The number of anilines is 1. The van der Waals surface area contributed by atoms with Gasteiger partial charge in [-0.3, -0.25) is 9.59 Å². The zero-order valence-corrected chi connectivity index (χ0v) is 17.3. The maximum atomic E-state index is 14.4. The van der Waals surface area contributed by atoms with E-state index in [0.717, 1.165) is 29.9 Å². The molecule has 2 aromatic rings. The summed E-state index contributed by atoms with van der Waals surface area (Å²) in [6.45, 7) is 3.79. The van der Waals surface area contributed by atoms with Crippen LogP contribution in [0.1, 0.15) is 29.7 Å².